The molecule has 2 unspecified atom stereocenters. The van der Waals surface area contributed by atoms with Crippen LogP contribution in [0.4, 0.5) is 0 Å². The van der Waals surface area contributed by atoms with Crippen LogP contribution >= 0.6 is 11.6 Å². The zero-order valence-electron chi connectivity index (χ0n) is 7.68. The second kappa shape index (κ2) is 2.67. The fourth-order valence-corrected chi connectivity index (χ4v) is 1.93. The van der Waals surface area contributed by atoms with Crippen molar-refractivity contribution in [3.8, 4) is 0 Å². The Morgan fingerprint density at radius 2 is 2.29 bits per heavy atom. The summed E-state index contributed by atoms with van der Waals surface area (Å²) in [5.74, 6) is 2.27. The average Bonchev–Trinajstić information content (AvgIpc) is 2.75. The van der Waals surface area contributed by atoms with E-state index in [2.05, 4.69) is 22.1 Å². The van der Waals surface area contributed by atoms with Gasteiger partial charge in [0.05, 0.1) is 0 Å². The van der Waals surface area contributed by atoms with Gasteiger partial charge in [-0.15, -0.1) is 10.2 Å². The molecule has 1 aliphatic rings. The van der Waals surface area contributed by atoms with Crippen molar-refractivity contribution in [3.05, 3.63) is 23.4 Å². The highest BCUT2D eigenvalue weighted by Crippen LogP contribution is 2.46. The van der Waals surface area contributed by atoms with E-state index >= 15 is 0 Å². The van der Waals surface area contributed by atoms with Crippen LogP contribution in [0.2, 0.25) is 5.15 Å². The molecule has 1 fully saturated rings. The molecule has 4 nitrogen and oxygen atoms in total. The molecule has 2 heterocycles. The largest absolute Gasteiger partial charge is 0.282 e. The Labute approximate surface area is 85.9 Å². The van der Waals surface area contributed by atoms with Gasteiger partial charge in [0.1, 0.15) is 5.82 Å². The number of aromatic nitrogens is 4. The fourth-order valence-electron chi connectivity index (χ4n) is 1.75. The van der Waals surface area contributed by atoms with Gasteiger partial charge in [-0.25, -0.2) is 4.98 Å². The molecule has 0 spiro atoms. The smallest absolute Gasteiger partial charge is 0.198 e. The van der Waals surface area contributed by atoms with E-state index in [0.717, 1.165) is 5.82 Å². The standard InChI is InChI=1S/C9H9ClN4/c1-5-4-6(5)8-12-13-9-7(10)11-2-3-14(8)9/h2-3,5-6H,4H2,1H3. The summed E-state index contributed by atoms with van der Waals surface area (Å²) < 4.78 is 1.93. The molecule has 3 rings (SSSR count). The zero-order chi connectivity index (χ0) is 9.71. The van der Waals surface area contributed by atoms with Crippen molar-refractivity contribution < 1.29 is 0 Å². The molecule has 2 aromatic rings. The van der Waals surface area contributed by atoms with Crippen LogP contribution in [0.5, 0.6) is 0 Å². The molecule has 5 heteroatoms. The molecule has 0 amide bonds. The average molecular weight is 209 g/mol. The number of nitrogens with zero attached hydrogens (tertiary/aromatic N) is 4. The molecule has 72 valence electrons. The topological polar surface area (TPSA) is 43.1 Å². The Balaban J connectivity index is 2.22. The molecule has 1 saturated carbocycles. The van der Waals surface area contributed by atoms with Gasteiger partial charge in [-0.3, -0.25) is 4.40 Å². The van der Waals surface area contributed by atoms with Crippen LogP contribution in [0.25, 0.3) is 5.65 Å². The maximum Gasteiger partial charge on any atom is 0.198 e. The van der Waals surface area contributed by atoms with Crippen LogP contribution < -0.4 is 0 Å². The van der Waals surface area contributed by atoms with E-state index in [9.17, 15) is 0 Å². The normalized spacial score (nSPS) is 25.6. The lowest BCUT2D eigenvalue weighted by Gasteiger charge is -1.96. The number of halogens is 1. The summed E-state index contributed by atoms with van der Waals surface area (Å²) in [5.41, 5.74) is 0.656. The number of hydrogen-bond donors (Lipinski definition) is 0. The molecular formula is C9H9ClN4. The first-order chi connectivity index (χ1) is 6.77. The first kappa shape index (κ1) is 8.17. The molecule has 14 heavy (non-hydrogen) atoms. The van der Waals surface area contributed by atoms with Gasteiger partial charge in [0.25, 0.3) is 0 Å². The second-order valence-corrected chi connectivity index (χ2v) is 4.15. The summed E-state index contributed by atoms with van der Waals surface area (Å²) in [6.45, 7) is 2.22. The summed E-state index contributed by atoms with van der Waals surface area (Å²) in [6.07, 6.45) is 4.73. The van der Waals surface area contributed by atoms with E-state index < -0.39 is 0 Å². The monoisotopic (exact) mass is 208 g/mol. The summed E-state index contributed by atoms with van der Waals surface area (Å²) in [4.78, 5) is 3.96. The number of rotatable bonds is 1. The predicted octanol–water partition coefficient (Wildman–Crippen LogP) is 1.90. The summed E-state index contributed by atoms with van der Waals surface area (Å²) in [6, 6.07) is 0. The molecule has 1 aliphatic carbocycles. The van der Waals surface area contributed by atoms with Gasteiger partial charge in [0, 0.05) is 18.3 Å². The lowest BCUT2D eigenvalue weighted by molar-refractivity contribution is 0.825. The summed E-state index contributed by atoms with van der Waals surface area (Å²) in [5, 5.41) is 8.61. The fraction of sp³-hybridized carbons (Fsp3) is 0.444. The highest BCUT2D eigenvalue weighted by atomic mass is 35.5. The van der Waals surface area contributed by atoms with Crippen molar-refractivity contribution in [1.82, 2.24) is 19.6 Å². The van der Waals surface area contributed by atoms with Gasteiger partial charge in [-0.05, 0) is 12.3 Å². The van der Waals surface area contributed by atoms with Crippen LogP contribution in [-0.4, -0.2) is 19.6 Å². The van der Waals surface area contributed by atoms with Gasteiger partial charge in [0.2, 0.25) is 0 Å². The molecule has 0 bridgehead atoms. The predicted molar refractivity (Wildman–Crippen MR) is 52.3 cm³/mol. The SMILES string of the molecule is CC1CC1c1nnc2c(Cl)nccn12. The maximum atomic E-state index is 5.90. The van der Waals surface area contributed by atoms with Crippen molar-refractivity contribution in [2.75, 3.05) is 0 Å². The minimum absolute atomic E-state index is 0.416. The Hall–Kier alpha value is -1.16. The third-order valence-corrected chi connectivity index (χ3v) is 3.02. The van der Waals surface area contributed by atoms with E-state index in [-0.39, 0.29) is 0 Å². The Kier molecular flexibility index (Phi) is 1.56. The van der Waals surface area contributed by atoms with Crippen molar-refractivity contribution in [2.45, 2.75) is 19.3 Å². The van der Waals surface area contributed by atoms with Crippen molar-refractivity contribution in [3.63, 3.8) is 0 Å². The van der Waals surface area contributed by atoms with E-state index in [0.29, 0.717) is 22.6 Å². The van der Waals surface area contributed by atoms with Crippen LogP contribution in [0.1, 0.15) is 25.1 Å². The van der Waals surface area contributed by atoms with Crippen molar-refractivity contribution >= 4 is 17.2 Å². The van der Waals surface area contributed by atoms with Crippen LogP contribution in [-0.2, 0) is 0 Å². The molecule has 0 N–H and O–H groups in total. The Morgan fingerprint density at radius 1 is 1.50 bits per heavy atom. The molecule has 0 aliphatic heterocycles. The van der Waals surface area contributed by atoms with Crippen LogP contribution in [0.3, 0.4) is 0 Å². The highest BCUT2D eigenvalue weighted by molar-refractivity contribution is 6.32. The molecular weight excluding hydrogens is 200 g/mol. The van der Waals surface area contributed by atoms with Crippen molar-refractivity contribution in [1.29, 1.82) is 0 Å². The van der Waals surface area contributed by atoms with Gasteiger partial charge in [0.15, 0.2) is 10.8 Å². The summed E-state index contributed by atoms with van der Waals surface area (Å²) in [7, 11) is 0. The molecule has 2 atom stereocenters. The third-order valence-electron chi connectivity index (χ3n) is 2.75. The first-order valence-electron chi connectivity index (χ1n) is 4.62. The number of hydrogen-bond acceptors (Lipinski definition) is 3. The van der Waals surface area contributed by atoms with E-state index in [1.165, 1.54) is 6.42 Å². The van der Waals surface area contributed by atoms with Crippen molar-refractivity contribution in [2.24, 2.45) is 5.92 Å². The Morgan fingerprint density at radius 3 is 3.00 bits per heavy atom. The third kappa shape index (κ3) is 1.04. The molecule has 0 radical (unpaired) electrons. The maximum absolute atomic E-state index is 5.90. The molecule has 2 aromatic heterocycles. The molecule has 0 saturated heterocycles. The van der Waals surface area contributed by atoms with Gasteiger partial charge < -0.3 is 0 Å². The minimum atomic E-state index is 0.416. The zero-order valence-corrected chi connectivity index (χ0v) is 8.44. The second-order valence-electron chi connectivity index (χ2n) is 3.79. The van der Waals surface area contributed by atoms with E-state index in [4.69, 9.17) is 11.6 Å². The Bertz CT molecular complexity index is 493. The van der Waals surface area contributed by atoms with Gasteiger partial charge in [-0.2, -0.15) is 0 Å². The quantitative estimate of drug-likeness (QED) is 0.719. The number of fused-ring (bicyclic) bond motifs is 1. The van der Waals surface area contributed by atoms with Gasteiger partial charge >= 0.3 is 0 Å². The summed E-state index contributed by atoms with van der Waals surface area (Å²) >= 11 is 5.90. The lowest BCUT2D eigenvalue weighted by atomic mass is 10.3. The minimum Gasteiger partial charge on any atom is -0.282 e. The molecule has 0 aromatic carbocycles. The van der Waals surface area contributed by atoms with E-state index in [1.807, 2.05) is 10.6 Å². The van der Waals surface area contributed by atoms with E-state index in [1.54, 1.807) is 6.20 Å². The van der Waals surface area contributed by atoms with Crippen LogP contribution in [0.15, 0.2) is 12.4 Å². The van der Waals surface area contributed by atoms with Gasteiger partial charge in [-0.1, -0.05) is 18.5 Å². The lowest BCUT2D eigenvalue weighted by Crippen LogP contribution is -1.93. The first-order valence-corrected chi connectivity index (χ1v) is 5.00. The van der Waals surface area contributed by atoms with Crippen LogP contribution in [0, 0.1) is 5.92 Å². The highest BCUT2D eigenvalue weighted by Gasteiger charge is 2.37.